The highest BCUT2D eigenvalue weighted by Crippen LogP contribution is 2.11. The van der Waals surface area contributed by atoms with Crippen molar-refractivity contribution >= 4 is 0 Å². The van der Waals surface area contributed by atoms with Crippen LogP contribution >= 0.6 is 0 Å². The first-order valence-electron chi connectivity index (χ1n) is 3.48. The molecule has 0 rings (SSSR count). The van der Waals surface area contributed by atoms with E-state index < -0.39 is 5.97 Å². The van der Waals surface area contributed by atoms with Crippen molar-refractivity contribution in [1.29, 1.82) is 0 Å². The van der Waals surface area contributed by atoms with Crippen molar-refractivity contribution in [2.75, 3.05) is 34.5 Å². The molecule has 0 saturated heterocycles. The van der Waals surface area contributed by atoms with Gasteiger partial charge in [0.15, 0.2) is 0 Å². The molecular weight excluding hydrogens is 148 g/mol. The van der Waals surface area contributed by atoms with Gasteiger partial charge in [-0.05, 0) is 6.92 Å². The predicted octanol–water partition coefficient (Wildman–Crippen LogP) is 0.616. The molecule has 0 radical (unpaired) electrons. The van der Waals surface area contributed by atoms with E-state index in [-0.39, 0.29) is 6.61 Å². The van der Waals surface area contributed by atoms with Crippen LogP contribution in [0.3, 0.4) is 0 Å². The second-order valence-corrected chi connectivity index (χ2v) is 1.93. The highest BCUT2D eigenvalue weighted by Gasteiger charge is 2.29. The molecule has 0 saturated carbocycles. The molecule has 0 aliphatic heterocycles. The second-order valence-electron chi connectivity index (χ2n) is 1.93. The molecule has 11 heavy (non-hydrogen) atoms. The van der Waals surface area contributed by atoms with E-state index in [9.17, 15) is 0 Å². The van der Waals surface area contributed by atoms with Crippen LogP contribution in [0.15, 0.2) is 0 Å². The molecular formula is C7H16O4. The van der Waals surface area contributed by atoms with E-state index in [0.29, 0.717) is 6.61 Å². The van der Waals surface area contributed by atoms with Crippen molar-refractivity contribution in [1.82, 2.24) is 0 Å². The lowest BCUT2D eigenvalue weighted by molar-refractivity contribution is -0.368. The molecule has 0 aliphatic carbocycles. The molecule has 4 heteroatoms. The third kappa shape index (κ3) is 3.16. The quantitative estimate of drug-likeness (QED) is 0.539. The summed E-state index contributed by atoms with van der Waals surface area (Å²) in [6.07, 6.45) is 0. The molecule has 0 fully saturated rings. The van der Waals surface area contributed by atoms with Gasteiger partial charge in [0.2, 0.25) is 0 Å². The molecule has 0 atom stereocenters. The molecule has 68 valence electrons. The van der Waals surface area contributed by atoms with Crippen LogP contribution in [0.1, 0.15) is 6.92 Å². The Balaban J connectivity index is 3.84. The maximum Gasteiger partial charge on any atom is 0.307 e. The average molecular weight is 164 g/mol. The number of hydrogen-bond donors (Lipinski definition) is 0. The molecule has 0 spiro atoms. The van der Waals surface area contributed by atoms with Gasteiger partial charge in [-0.3, -0.25) is 0 Å². The number of hydrogen-bond acceptors (Lipinski definition) is 4. The van der Waals surface area contributed by atoms with E-state index in [4.69, 9.17) is 18.9 Å². The summed E-state index contributed by atoms with van der Waals surface area (Å²) in [7, 11) is 4.52. The Morgan fingerprint density at radius 2 is 1.45 bits per heavy atom. The van der Waals surface area contributed by atoms with Crippen molar-refractivity contribution in [3.8, 4) is 0 Å². The summed E-state index contributed by atoms with van der Waals surface area (Å²) in [6.45, 7) is 2.77. The maximum absolute atomic E-state index is 5.10. The van der Waals surface area contributed by atoms with Crippen molar-refractivity contribution in [3.05, 3.63) is 0 Å². The van der Waals surface area contributed by atoms with Crippen LogP contribution in [0.4, 0.5) is 0 Å². The molecule has 0 N–H and O–H groups in total. The van der Waals surface area contributed by atoms with Crippen LogP contribution < -0.4 is 0 Å². The first kappa shape index (κ1) is 10.8. The third-order valence-corrected chi connectivity index (χ3v) is 1.42. The Hall–Kier alpha value is -0.160. The zero-order valence-electron chi connectivity index (χ0n) is 7.55. The molecule has 0 aromatic carbocycles. The van der Waals surface area contributed by atoms with Gasteiger partial charge in [0.25, 0.3) is 0 Å². The van der Waals surface area contributed by atoms with Gasteiger partial charge in [0, 0.05) is 27.9 Å². The van der Waals surface area contributed by atoms with E-state index in [1.54, 1.807) is 0 Å². The van der Waals surface area contributed by atoms with Crippen LogP contribution in [0, 0.1) is 0 Å². The summed E-state index contributed by atoms with van der Waals surface area (Å²) in [5, 5.41) is 0. The van der Waals surface area contributed by atoms with Gasteiger partial charge in [0.05, 0.1) is 0 Å². The molecule has 0 amide bonds. The van der Waals surface area contributed by atoms with Crippen LogP contribution in [0.5, 0.6) is 0 Å². The summed E-state index contributed by atoms with van der Waals surface area (Å²) in [4.78, 5) is 0. The van der Waals surface area contributed by atoms with E-state index in [2.05, 4.69) is 0 Å². The highest BCUT2D eigenvalue weighted by atomic mass is 16.9. The van der Waals surface area contributed by atoms with Gasteiger partial charge in [-0.1, -0.05) is 0 Å². The zero-order valence-corrected chi connectivity index (χ0v) is 7.55. The summed E-state index contributed by atoms with van der Waals surface area (Å²) in [5.74, 6) is -1.05. The Morgan fingerprint density at radius 1 is 1.00 bits per heavy atom. The van der Waals surface area contributed by atoms with Crippen LogP contribution in [0.2, 0.25) is 0 Å². The van der Waals surface area contributed by atoms with Crippen molar-refractivity contribution in [3.63, 3.8) is 0 Å². The van der Waals surface area contributed by atoms with Crippen LogP contribution in [0.25, 0.3) is 0 Å². The molecule has 0 aromatic rings. The summed E-state index contributed by atoms with van der Waals surface area (Å²) < 4.78 is 20.0. The minimum absolute atomic E-state index is 0.271. The van der Waals surface area contributed by atoms with Crippen molar-refractivity contribution in [2.45, 2.75) is 12.9 Å². The predicted molar refractivity (Wildman–Crippen MR) is 40.3 cm³/mol. The second kappa shape index (κ2) is 5.49. The Morgan fingerprint density at radius 3 is 1.73 bits per heavy atom. The van der Waals surface area contributed by atoms with Crippen molar-refractivity contribution in [2.24, 2.45) is 0 Å². The Labute approximate surface area is 67.4 Å². The van der Waals surface area contributed by atoms with E-state index in [0.717, 1.165) is 0 Å². The first-order chi connectivity index (χ1) is 5.24. The Bertz CT molecular complexity index is 82.2. The van der Waals surface area contributed by atoms with Gasteiger partial charge < -0.3 is 18.9 Å². The van der Waals surface area contributed by atoms with E-state index in [1.165, 1.54) is 21.3 Å². The molecule has 4 nitrogen and oxygen atoms in total. The topological polar surface area (TPSA) is 36.9 Å². The maximum atomic E-state index is 5.10. The van der Waals surface area contributed by atoms with Gasteiger partial charge >= 0.3 is 5.97 Å². The highest BCUT2D eigenvalue weighted by molar-refractivity contribution is 4.51. The molecule has 0 aliphatic rings. The largest absolute Gasteiger partial charge is 0.373 e. The average Bonchev–Trinajstić information content (AvgIpc) is 2.08. The fourth-order valence-corrected chi connectivity index (χ4v) is 0.654. The van der Waals surface area contributed by atoms with E-state index in [1.807, 2.05) is 6.92 Å². The van der Waals surface area contributed by atoms with E-state index >= 15 is 0 Å². The first-order valence-corrected chi connectivity index (χ1v) is 3.48. The van der Waals surface area contributed by atoms with Crippen LogP contribution in [-0.4, -0.2) is 40.5 Å². The van der Waals surface area contributed by atoms with Gasteiger partial charge in [-0.25, -0.2) is 0 Å². The lowest BCUT2D eigenvalue weighted by atomic mass is 10.6. The number of methoxy groups -OCH3 is 3. The molecule has 0 unspecified atom stereocenters. The smallest absolute Gasteiger partial charge is 0.307 e. The Kier molecular flexibility index (Phi) is 5.41. The summed E-state index contributed by atoms with van der Waals surface area (Å²) in [6, 6.07) is 0. The monoisotopic (exact) mass is 164 g/mol. The fraction of sp³-hybridized carbons (Fsp3) is 1.00. The SMILES string of the molecule is CCOCC(OC)(OC)OC. The fourth-order valence-electron chi connectivity index (χ4n) is 0.654. The van der Waals surface area contributed by atoms with Crippen LogP contribution in [-0.2, 0) is 18.9 Å². The number of ether oxygens (including phenoxy) is 4. The molecule has 0 bridgehead atoms. The molecule has 0 heterocycles. The summed E-state index contributed by atoms with van der Waals surface area (Å²) >= 11 is 0. The normalized spacial score (nSPS) is 12.0. The standard InChI is InChI=1S/C7H16O4/c1-5-11-6-7(8-2,9-3)10-4/h5-6H2,1-4H3. The van der Waals surface area contributed by atoms with Crippen molar-refractivity contribution < 1.29 is 18.9 Å². The minimum Gasteiger partial charge on any atom is -0.373 e. The third-order valence-electron chi connectivity index (χ3n) is 1.42. The van der Waals surface area contributed by atoms with Gasteiger partial charge in [0.1, 0.15) is 6.61 Å². The number of rotatable bonds is 6. The minimum atomic E-state index is -1.05. The zero-order chi connectivity index (χ0) is 8.74. The lowest BCUT2D eigenvalue weighted by Gasteiger charge is -2.27. The van der Waals surface area contributed by atoms with Gasteiger partial charge in [-0.15, -0.1) is 0 Å². The summed E-state index contributed by atoms with van der Waals surface area (Å²) in [5.41, 5.74) is 0. The molecule has 0 aromatic heterocycles. The van der Waals surface area contributed by atoms with Gasteiger partial charge in [-0.2, -0.15) is 0 Å². The lowest BCUT2D eigenvalue weighted by Crippen LogP contribution is -2.40.